The van der Waals surface area contributed by atoms with Gasteiger partial charge < -0.3 is 10.2 Å². The topological polar surface area (TPSA) is 86.8 Å². The van der Waals surface area contributed by atoms with E-state index in [1.165, 1.54) is 17.0 Å². The maximum Gasteiger partial charge on any atom is 0.264 e. The number of anilines is 1. The van der Waals surface area contributed by atoms with Gasteiger partial charge in [-0.25, -0.2) is 8.42 Å². The van der Waals surface area contributed by atoms with Gasteiger partial charge in [-0.3, -0.25) is 13.9 Å². The number of halogens is 1. The zero-order valence-electron chi connectivity index (χ0n) is 23.1. The summed E-state index contributed by atoms with van der Waals surface area (Å²) in [5.41, 5.74) is 2.92. The van der Waals surface area contributed by atoms with Crippen molar-refractivity contribution in [2.24, 2.45) is 0 Å². The molecular formula is C31H36ClN3O4S. The summed E-state index contributed by atoms with van der Waals surface area (Å²) in [6.45, 7) is 5.11. The molecule has 4 rings (SSSR count). The Bertz CT molecular complexity index is 1420. The Morgan fingerprint density at radius 1 is 0.950 bits per heavy atom. The first kappa shape index (κ1) is 29.6. The van der Waals surface area contributed by atoms with Crippen molar-refractivity contribution in [3.63, 3.8) is 0 Å². The SMILES string of the molecule is Cc1cc(C)cc(N(CC(=O)N(Cc2ccc(Cl)cc2)[C@@H](C)C(=O)NC2CCCC2)S(=O)(=O)c2ccccc2)c1. The van der Waals surface area contributed by atoms with E-state index >= 15 is 0 Å². The Hall–Kier alpha value is -3.36. The van der Waals surface area contributed by atoms with Crippen molar-refractivity contribution >= 4 is 39.1 Å². The number of hydrogen-bond acceptors (Lipinski definition) is 4. The van der Waals surface area contributed by atoms with Crippen LogP contribution in [0.3, 0.4) is 0 Å². The van der Waals surface area contributed by atoms with Crippen LogP contribution in [-0.2, 0) is 26.2 Å². The van der Waals surface area contributed by atoms with Crippen molar-refractivity contribution in [3.8, 4) is 0 Å². The van der Waals surface area contributed by atoms with Crippen LogP contribution < -0.4 is 9.62 Å². The Morgan fingerprint density at radius 3 is 2.15 bits per heavy atom. The number of aryl methyl sites for hydroxylation is 2. The highest BCUT2D eigenvalue weighted by Gasteiger charge is 2.33. The highest BCUT2D eigenvalue weighted by atomic mass is 35.5. The summed E-state index contributed by atoms with van der Waals surface area (Å²) in [4.78, 5) is 28.9. The van der Waals surface area contributed by atoms with E-state index in [0.717, 1.165) is 46.7 Å². The first-order valence-electron chi connectivity index (χ1n) is 13.5. The molecule has 212 valence electrons. The van der Waals surface area contributed by atoms with Crippen molar-refractivity contribution in [3.05, 3.63) is 94.5 Å². The minimum atomic E-state index is -4.09. The number of carbonyl (C=O) groups is 2. The monoisotopic (exact) mass is 581 g/mol. The van der Waals surface area contributed by atoms with Gasteiger partial charge in [0.25, 0.3) is 10.0 Å². The second-order valence-corrected chi connectivity index (χ2v) is 12.8. The molecule has 1 N–H and O–H groups in total. The van der Waals surface area contributed by atoms with Gasteiger partial charge >= 0.3 is 0 Å². The molecule has 3 aromatic rings. The maximum atomic E-state index is 14.0. The van der Waals surface area contributed by atoms with E-state index in [1.807, 2.05) is 19.9 Å². The van der Waals surface area contributed by atoms with E-state index in [0.29, 0.717) is 10.7 Å². The smallest absolute Gasteiger partial charge is 0.264 e. The van der Waals surface area contributed by atoms with Crippen LogP contribution in [0.25, 0.3) is 0 Å². The lowest BCUT2D eigenvalue weighted by molar-refractivity contribution is -0.139. The Labute approximate surface area is 242 Å². The van der Waals surface area contributed by atoms with E-state index in [9.17, 15) is 18.0 Å². The fourth-order valence-corrected chi connectivity index (χ4v) is 6.65. The van der Waals surface area contributed by atoms with E-state index in [4.69, 9.17) is 11.6 Å². The largest absolute Gasteiger partial charge is 0.352 e. The summed E-state index contributed by atoms with van der Waals surface area (Å²) in [7, 11) is -4.09. The lowest BCUT2D eigenvalue weighted by Gasteiger charge is -2.32. The summed E-state index contributed by atoms with van der Waals surface area (Å²) >= 11 is 6.07. The quantitative estimate of drug-likeness (QED) is 0.336. The number of sulfonamides is 1. The average molecular weight is 582 g/mol. The number of nitrogens with zero attached hydrogens (tertiary/aromatic N) is 2. The highest BCUT2D eigenvalue weighted by molar-refractivity contribution is 7.92. The zero-order chi connectivity index (χ0) is 28.9. The molecule has 1 aliphatic rings. The molecule has 0 saturated heterocycles. The van der Waals surface area contributed by atoms with Crippen molar-refractivity contribution < 1.29 is 18.0 Å². The highest BCUT2D eigenvalue weighted by Crippen LogP contribution is 2.27. The van der Waals surface area contributed by atoms with Crippen LogP contribution in [0.4, 0.5) is 5.69 Å². The normalized spacial score (nSPS) is 14.5. The molecule has 7 nitrogen and oxygen atoms in total. The molecule has 1 fully saturated rings. The summed E-state index contributed by atoms with van der Waals surface area (Å²) in [6, 6.07) is 19.8. The number of nitrogens with one attached hydrogen (secondary N) is 1. The van der Waals surface area contributed by atoms with Crippen molar-refractivity contribution in [1.82, 2.24) is 10.2 Å². The third-order valence-corrected chi connectivity index (χ3v) is 9.28. The average Bonchev–Trinajstić information content (AvgIpc) is 3.43. The minimum Gasteiger partial charge on any atom is -0.352 e. The van der Waals surface area contributed by atoms with Crippen LogP contribution in [0.5, 0.6) is 0 Å². The minimum absolute atomic E-state index is 0.0817. The molecule has 0 radical (unpaired) electrons. The van der Waals surface area contributed by atoms with E-state index in [-0.39, 0.29) is 23.4 Å². The van der Waals surface area contributed by atoms with E-state index in [1.54, 1.807) is 61.5 Å². The molecule has 0 aliphatic heterocycles. The number of hydrogen-bond donors (Lipinski definition) is 1. The molecular weight excluding hydrogens is 546 g/mol. The van der Waals surface area contributed by atoms with Gasteiger partial charge in [0.05, 0.1) is 10.6 Å². The van der Waals surface area contributed by atoms with Gasteiger partial charge in [-0.2, -0.15) is 0 Å². The van der Waals surface area contributed by atoms with Crippen molar-refractivity contribution in [1.29, 1.82) is 0 Å². The zero-order valence-corrected chi connectivity index (χ0v) is 24.7. The van der Waals surface area contributed by atoms with Crippen molar-refractivity contribution in [2.45, 2.75) is 70.0 Å². The van der Waals surface area contributed by atoms with E-state index in [2.05, 4.69) is 5.32 Å². The summed E-state index contributed by atoms with van der Waals surface area (Å²) in [6.07, 6.45) is 3.96. The molecule has 0 aromatic heterocycles. The number of benzene rings is 3. The van der Waals surface area contributed by atoms with Gasteiger partial charge in [0.2, 0.25) is 11.8 Å². The van der Waals surface area contributed by atoms with Crippen LogP contribution in [0.2, 0.25) is 5.02 Å². The van der Waals surface area contributed by atoms with Crippen molar-refractivity contribution in [2.75, 3.05) is 10.8 Å². The summed E-state index contributed by atoms with van der Waals surface area (Å²) in [5.74, 6) is -0.735. The molecule has 0 bridgehead atoms. The first-order chi connectivity index (χ1) is 19.0. The van der Waals surface area contributed by atoms with Gasteiger partial charge in [-0.05, 0) is 86.7 Å². The molecule has 40 heavy (non-hydrogen) atoms. The molecule has 9 heteroatoms. The van der Waals surface area contributed by atoms with Crippen LogP contribution >= 0.6 is 11.6 Å². The predicted molar refractivity (Wildman–Crippen MR) is 159 cm³/mol. The third-order valence-electron chi connectivity index (χ3n) is 7.24. The lowest BCUT2D eigenvalue weighted by atomic mass is 10.1. The molecule has 3 aromatic carbocycles. The molecule has 1 aliphatic carbocycles. The van der Waals surface area contributed by atoms with Gasteiger partial charge in [-0.15, -0.1) is 0 Å². The second-order valence-electron chi connectivity index (χ2n) is 10.5. The first-order valence-corrected chi connectivity index (χ1v) is 15.4. The maximum absolute atomic E-state index is 14.0. The predicted octanol–water partition coefficient (Wildman–Crippen LogP) is 5.63. The molecule has 0 spiro atoms. The van der Waals surface area contributed by atoms with Crippen LogP contribution in [0, 0.1) is 13.8 Å². The standard InChI is InChI=1S/C31H36ClN3O4S/c1-22-17-23(2)19-28(18-22)35(40(38,39)29-11-5-4-6-12-29)21-30(36)34(20-25-13-15-26(32)16-14-25)24(3)31(37)33-27-9-7-8-10-27/h4-6,11-19,24,27H,7-10,20-21H2,1-3H3,(H,33,37)/t24-/m0/s1. The van der Waals surface area contributed by atoms with Gasteiger partial charge in [0.15, 0.2) is 0 Å². The number of amides is 2. The molecule has 1 atom stereocenters. The lowest BCUT2D eigenvalue weighted by Crippen LogP contribution is -2.52. The van der Waals surface area contributed by atoms with Crippen LogP contribution in [0.1, 0.15) is 49.3 Å². The fraction of sp³-hybridized carbons (Fsp3) is 0.355. The molecule has 1 saturated carbocycles. The Kier molecular flexibility index (Phi) is 9.53. The summed E-state index contributed by atoms with van der Waals surface area (Å²) in [5, 5.41) is 3.64. The second kappa shape index (κ2) is 12.9. The van der Waals surface area contributed by atoms with Crippen LogP contribution in [-0.4, -0.2) is 43.8 Å². The summed E-state index contributed by atoms with van der Waals surface area (Å²) < 4.78 is 28.9. The molecule has 2 amide bonds. The van der Waals surface area contributed by atoms with Gasteiger partial charge in [0, 0.05) is 17.6 Å². The van der Waals surface area contributed by atoms with Gasteiger partial charge in [-0.1, -0.05) is 60.8 Å². The number of carbonyl (C=O) groups excluding carboxylic acids is 2. The van der Waals surface area contributed by atoms with Gasteiger partial charge in [0.1, 0.15) is 12.6 Å². The number of rotatable bonds is 10. The third kappa shape index (κ3) is 7.23. The Balaban J connectivity index is 1.69. The van der Waals surface area contributed by atoms with Crippen LogP contribution in [0.15, 0.2) is 77.7 Å². The molecule has 0 heterocycles. The fourth-order valence-electron chi connectivity index (χ4n) is 5.10. The molecule has 0 unspecified atom stereocenters. The Morgan fingerprint density at radius 2 is 1.55 bits per heavy atom. The van der Waals surface area contributed by atoms with E-state index < -0.39 is 28.5 Å².